The Balaban J connectivity index is 1.82. The van der Waals surface area contributed by atoms with E-state index in [1.165, 1.54) is 37.6 Å². The van der Waals surface area contributed by atoms with Gasteiger partial charge < -0.3 is 10.1 Å². The van der Waals surface area contributed by atoms with Crippen LogP contribution in [0.25, 0.3) is 0 Å². The highest BCUT2D eigenvalue weighted by molar-refractivity contribution is 6.03. The maximum Gasteiger partial charge on any atom is 0.269 e. The van der Waals surface area contributed by atoms with Gasteiger partial charge in [0.25, 0.3) is 5.69 Å². The maximum atomic E-state index is 11.8. The zero-order valence-electron chi connectivity index (χ0n) is 13.8. The number of carbonyl (C=O) groups excluding carboxylic acids is 2. The van der Waals surface area contributed by atoms with E-state index in [0.717, 1.165) is 0 Å². The van der Waals surface area contributed by atoms with Crippen LogP contribution in [-0.4, -0.2) is 30.1 Å². The number of nitrogens with one attached hydrogen (secondary N) is 2. The van der Waals surface area contributed by atoms with Crippen LogP contribution in [0.2, 0.25) is 0 Å². The molecule has 0 heterocycles. The summed E-state index contributed by atoms with van der Waals surface area (Å²) in [4.78, 5) is 33.6. The SMILES string of the molecule is COc1cccc(NC(=O)CC(=O)NN=Cc2ccc([N+](=O)[O-])cc2)c1. The number of amides is 2. The molecule has 9 heteroatoms. The number of nitro benzene ring substituents is 1. The third kappa shape index (κ3) is 5.71. The average molecular weight is 356 g/mol. The molecule has 2 aromatic rings. The van der Waals surface area contributed by atoms with Gasteiger partial charge in [-0.05, 0) is 29.8 Å². The summed E-state index contributed by atoms with van der Waals surface area (Å²) >= 11 is 0. The Bertz CT molecular complexity index is 833. The summed E-state index contributed by atoms with van der Waals surface area (Å²) in [7, 11) is 1.51. The minimum absolute atomic E-state index is 0.0413. The second-order valence-electron chi connectivity index (χ2n) is 5.10. The molecule has 0 spiro atoms. The van der Waals surface area contributed by atoms with Gasteiger partial charge >= 0.3 is 0 Å². The molecule has 0 fully saturated rings. The van der Waals surface area contributed by atoms with Crippen LogP contribution >= 0.6 is 0 Å². The summed E-state index contributed by atoms with van der Waals surface area (Å²) in [6.07, 6.45) is 0.913. The highest BCUT2D eigenvalue weighted by atomic mass is 16.6. The van der Waals surface area contributed by atoms with E-state index in [0.29, 0.717) is 17.0 Å². The molecule has 0 aliphatic carbocycles. The van der Waals surface area contributed by atoms with Gasteiger partial charge in [0.1, 0.15) is 12.2 Å². The number of carbonyl (C=O) groups is 2. The highest BCUT2D eigenvalue weighted by Gasteiger charge is 2.09. The number of nitrogens with zero attached hydrogens (tertiary/aromatic N) is 2. The van der Waals surface area contributed by atoms with Crippen molar-refractivity contribution >= 4 is 29.4 Å². The van der Waals surface area contributed by atoms with Gasteiger partial charge in [-0.25, -0.2) is 5.43 Å². The molecule has 0 bridgehead atoms. The van der Waals surface area contributed by atoms with E-state index in [4.69, 9.17) is 4.74 Å². The molecule has 9 nitrogen and oxygen atoms in total. The number of nitro groups is 1. The summed E-state index contributed by atoms with van der Waals surface area (Å²) in [5, 5.41) is 16.8. The number of hydrogen-bond donors (Lipinski definition) is 2. The van der Waals surface area contributed by atoms with Gasteiger partial charge in [-0.3, -0.25) is 19.7 Å². The standard InChI is InChI=1S/C17H16N4O5/c1-26-15-4-2-3-13(9-15)19-16(22)10-17(23)20-18-11-12-5-7-14(8-6-12)21(24)25/h2-9,11H,10H2,1H3,(H,19,22)(H,20,23). The van der Waals surface area contributed by atoms with Crippen LogP contribution in [0.5, 0.6) is 5.75 Å². The van der Waals surface area contributed by atoms with Gasteiger partial charge in [0.2, 0.25) is 11.8 Å². The van der Waals surface area contributed by atoms with Crippen molar-refractivity contribution < 1.29 is 19.2 Å². The topological polar surface area (TPSA) is 123 Å². The fraction of sp³-hybridized carbons (Fsp3) is 0.118. The molecule has 0 aliphatic heterocycles. The molecule has 0 saturated heterocycles. The third-order valence-electron chi connectivity index (χ3n) is 3.18. The van der Waals surface area contributed by atoms with E-state index in [2.05, 4.69) is 15.8 Å². The fourth-order valence-electron chi connectivity index (χ4n) is 1.95. The quantitative estimate of drug-likeness (QED) is 0.340. The number of rotatable bonds is 7. The Hall–Kier alpha value is -3.75. The van der Waals surface area contributed by atoms with E-state index in [1.54, 1.807) is 24.3 Å². The zero-order valence-corrected chi connectivity index (χ0v) is 13.8. The van der Waals surface area contributed by atoms with Crippen LogP contribution in [0.15, 0.2) is 53.6 Å². The molecule has 0 aromatic heterocycles. The lowest BCUT2D eigenvalue weighted by molar-refractivity contribution is -0.384. The van der Waals surface area contributed by atoms with Crippen LogP contribution < -0.4 is 15.5 Å². The van der Waals surface area contributed by atoms with Crippen molar-refractivity contribution in [2.45, 2.75) is 6.42 Å². The Morgan fingerprint density at radius 3 is 2.58 bits per heavy atom. The van der Waals surface area contributed by atoms with Crippen LogP contribution in [-0.2, 0) is 9.59 Å². The average Bonchev–Trinajstić information content (AvgIpc) is 2.62. The van der Waals surface area contributed by atoms with Crippen molar-refractivity contribution in [3.05, 3.63) is 64.2 Å². The molecule has 26 heavy (non-hydrogen) atoms. The van der Waals surface area contributed by atoms with E-state index in [1.807, 2.05) is 0 Å². The molecule has 0 radical (unpaired) electrons. The van der Waals surface area contributed by atoms with E-state index in [9.17, 15) is 19.7 Å². The van der Waals surface area contributed by atoms with Crippen molar-refractivity contribution in [3.8, 4) is 5.75 Å². The maximum absolute atomic E-state index is 11.8. The summed E-state index contributed by atoms with van der Waals surface area (Å²) in [5.74, 6) is -0.509. The molecule has 0 atom stereocenters. The predicted octanol–water partition coefficient (Wildman–Crippen LogP) is 2.08. The smallest absolute Gasteiger partial charge is 0.269 e. The van der Waals surface area contributed by atoms with Crippen molar-refractivity contribution in [1.82, 2.24) is 5.43 Å². The molecule has 2 amide bonds. The minimum atomic E-state index is -0.594. The number of non-ortho nitro benzene ring substituents is 1. The van der Waals surface area contributed by atoms with Gasteiger partial charge in [-0.15, -0.1) is 0 Å². The molecular weight excluding hydrogens is 340 g/mol. The lowest BCUT2D eigenvalue weighted by Crippen LogP contribution is -2.24. The highest BCUT2D eigenvalue weighted by Crippen LogP contribution is 2.16. The number of hydrogen-bond acceptors (Lipinski definition) is 6. The minimum Gasteiger partial charge on any atom is -0.497 e. The number of benzene rings is 2. The molecule has 0 unspecified atom stereocenters. The number of ether oxygens (including phenoxy) is 1. The fourth-order valence-corrected chi connectivity index (χ4v) is 1.95. The molecule has 134 valence electrons. The van der Waals surface area contributed by atoms with Gasteiger partial charge in [-0.1, -0.05) is 6.07 Å². The first kappa shape index (κ1) is 18.6. The molecule has 0 aliphatic rings. The van der Waals surface area contributed by atoms with Crippen LogP contribution in [0.4, 0.5) is 11.4 Å². The van der Waals surface area contributed by atoms with Crippen LogP contribution in [0.3, 0.4) is 0 Å². The van der Waals surface area contributed by atoms with Crippen LogP contribution in [0, 0.1) is 10.1 Å². The summed E-state index contributed by atoms with van der Waals surface area (Å²) in [6, 6.07) is 12.4. The van der Waals surface area contributed by atoms with E-state index < -0.39 is 23.2 Å². The zero-order chi connectivity index (χ0) is 18.9. The molecule has 2 rings (SSSR count). The lowest BCUT2D eigenvalue weighted by Gasteiger charge is -2.06. The summed E-state index contributed by atoms with van der Waals surface area (Å²) in [5.41, 5.74) is 3.25. The van der Waals surface area contributed by atoms with Crippen molar-refractivity contribution in [2.75, 3.05) is 12.4 Å². The largest absolute Gasteiger partial charge is 0.497 e. The number of anilines is 1. The Labute approximate surface area is 148 Å². The first-order valence-electron chi connectivity index (χ1n) is 7.48. The lowest BCUT2D eigenvalue weighted by atomic mass is 10.2. The van der Waals surface area contributed by atoms with Gasteiger partial charge in [0.05, 0.1) is 18.2 Å². The molecule has 2 aromatic carbocycles. The Morgan fingerprint density at radius 2 is 1.92 bits per heavy atom. The summed E-state index contributed by atoms with van der Waals surface area (Å²) < 4.78 is 5.05. The monoisotopic (exact) mass is 356 g/mol. The Morgan fingerprint density at radius 1 is 1.19 bits per heavy atom. The molecule has 2 N–H and O–H groups in total. The normalized spacial score (nSPS) is 10.3. The number of hydrazone groups is 1. The predicted molar refractivity (Wildman–Crippen MR) is 95.1 cm³/mol. The van der Waals surface area contributed by atoms with Gasteiger partial charge in [0.15, 0.2) is 0 Å². The summed E-state index contributed by atoms with van der Waals surface area (Å²) in [6.45, 7) is 0. The first-order valence-corrected chi connectivity index (χ1v) is 7.48. The van der Waals surface area contributed by atoms with E-state index >= 15 is 0 Å². The van der Waals surface area contributed by atoms with Crippen LogP contribution in [0.1, 0.15) is 12.0 Å². The van der Waals surface area contributed by atoms with Crippen molar-refractivity contribution in [1.29, 1.82) is 0 Å². The second kappa shape index (κ2) is 8.92. The van der Waals surface area contributed by atoms with Crippen molar-refractivity contribution in [3.63, 3.8) is 0 Å². The van der Waals surface area contributed by atoms with Gasteiger partial charge in [0, 0.05) is 23.9 Å². The Kier molecular flexibility index (Phi) is 6.38. The first-order chi connectivity index (χ1) is 12.5. The number of methoxy groups -OCH3 is 1. The van der Waals surface area contributed by atoms with Gasteiger partial charge in [-0.2, -0.15) is 5.10 Å². The van der Waals surface area contributed by atoms with E-state index in [-0.39, 0.29) is 5.69 Å². The van der Waals surface area contributed by atoms with Crippen molar-refractivity contribution in [2.24, 2.45) is 5.10 Å². The molecular formula is C17H16N4O5. The molecule has 0 saturated carbocycles. The third-order valence-corrected chi connectivity index (χ3v) is 3.18. The second-order valence-corrected chi connectivity index (χ2v) is 5.10.